The van der Waals surface area contributed by atoms with Crippen LogP contribution in [-0.2, 0) is 0 Å². The number of unbranched alkanes of at least 4 members (excludes halogenated alkanes) is 3. The normalized spacial score (nSPS) is 11.1. The summed E-state index contributed by atoms with van der Waals surface area (Å²) in [7, 11) is 0. The maximum atomic E-state index is 5.59. The van der Waals surface area contributed by atoms with Crippen LogP contribution < -0.4 is 10.1 Å². The predicted octanol–water partition coefficient (Wildman–Crippen LogP) is 6.37. The maximum absolute atomic E-state index is 5.59. The van der Waals surface area contributed by atoms with Crippen molar-refractivity contribution in [2.45, 2.75) is 53.4 Å². The largest absolute Gasteiger partial charge is 0.494 e. The van der Waals surface area contributed by atoms with Crippen LogP contribution in [0.2, 0.25) is 0 Å². The first kappa shape index (κ1) is 19.6. The number of aryl methyl sites for hydroxylation is 2. The van der Waals surface area contributed by atoms with Crippen LogP contribution in [0.5, 0.6) is 5.75 Å². The van der Waals surface area contributed by atoms with Crippen molar-refractivity contribution in [1.82, 2.24) is 9.97 Å². The molecule has 0 bridgehead atoms. The highest BCUT2D eigenvalue weighted by Crippen LogP contribution is 2.41. The third-order valence-corrected chi connectivity index (χ3v) is 5.62. The zero-order valence-electron chi connectivity index (χ0n) is 16.8. The number of rotatable bonds is 9. The molecule has 0 saturated carbocycles. The molecule has 0 aliphatic rings. The van der Waals surface area contributed by atoms with E-state index < -0.39 is 0 Å². The van der Waals surface area contributed by atoms with Gasteiger partial charge in [-0.25, -0.2) is 9.97 Å². The first-order valence-electron chi connectivity index (χ1n) is 9.88. The summed E-state index contributed by atoms with van der Waals surface area (Å²) in [4.78, 5) is 11.7. The highest BCUT2D eigenvalue weighted by atomic mass is 32.1. The Hall–Kier alpha value is -2.14. The molecular weight excluding hydrogens is 354 g/mol. The number of ether oxygens (including phenoxy) is 1. The second kappa shape index (κ2) is 9.18. The molecule has 4 nitrogen and oxygen atoms in total. The van der Waals surface area contributed by atoms with Gasteiger partial charge in [-0.05, 0) is 44.9 Å². The summed E-state index contributed by atoms with van der Waals surface area (Å²) in [6.45, 7) is 10.00. The summed E-state index contributed by atoms with van der Waals surface area (Å²) in [5, 5.41) is 4.71. The fraction of sp³-hybridized carbons (Fsp3) is 0.455. The first-order chi connectivity index (χ1) is 13.1. The van der Waals surface area contributed by atoms with Crippen LogP contribution >= 0.6 is 11.3 Å². The van der Waals surface area contributed by atoms with Gasteiger partial charge in [-0.15, -0.1) is 11.3 Å². The van der Waals surface area contributed by atoms with Gasteiger partial charge in [0.1, 0.15) is 22.2 Å². The van der Waals surface area contributed by atoms with Gasteiger partial charge in [0.2, 0.25) is 0 Å². The van der Waals surface area contributed by atoms with E-state index in [4.69, 9.17) is 14.7 Å². The molecule has 0 unspecified atom stereocenters. The monoisotopic (exact) mass is 383 g/mol. The SMILES string of the molecule is CCCCCCNc1nc(C)nc2sc(C)c(-c3ccc(OCC)cc3)c12. The van der Waals surface area contributed by atoms with E-state index >= 15 is 0 Å². The Labute approximate surface area is 166 Å². The second-order valence-corrected chi connectivity index (χ2v) is 7.98. The summed E-state index contributed by atoms with van der Waals surface area (Å²) < 4.78 is 5.59. The number of nitrogens with one attached hydrogen (secondary N) is 1. The minimum absolute atomic E-state index is 0.680. The van der Waals surface area contributed by atoms with E-state index in [0.29, 0.717) is 6.61 Å². The van der Waals surface area contributed by atoms with E-state index in [1.807, 2.05) is 26.0 Å². The Morgan fingerprint density at radius 2 is 1.78 bits per heavy atom. The Bertz CT molecular complexity index is 887. The number of thiophene rings is 1. The molecule has 1 N–H and O–H groups in total. The molecule has 5 heteroatoms. The predicted molar refractivity (Wildman–Crippen MR) is 116 cm³/mol. The van der Waals surface area contributed by atoms with Gasteiger partial charge in [0.15, 0.2) is 0 Å². The van der Waals surface area contributed by atoms with Gasteiger partial charge in [-0.3, -0.25) is 0 Å². The lowest BCUT2D eigenvalue weighted by molar-refractivity contribution is 0.340. The molecule has 1 aromatic carbocycles. The van der Waals surface area contributed by atoms with Crippen molar-refractivity contribution in [1.29, 1.82) is 0 Å². The van der Waals surface area contributed by atoms with Gasteiger partial charge >= 0.3 is 0 Å². The van der Waals surface area contributed by atoms with Crippen molar-refractivity contribution in [3.63, 3.8) is 0 Å². The Morgan fingerprint density at radius 3 is 2.48 bits per heavy atom. The van der Waals surface area contributed by atoms with Gasteiger partial charge < -0.3 is 10.1 Å². The lowest BCUT2D eigenvalue weighted by Crippen LogP contribution is -2.05. The van der Waals surface area contributed by atoms with Crippen molar-refractivity contribution in [2.75, 3.05) is 18.5 Å². The van der Waals surface area contributed by atoms with Gasteiger partial charge in [-0.2, -0.15) is 0 Å². The first-order valence-corrected chi connectivity index (χ1v) is 10.7. The van der Waals surface area contributed by atoms with Crippen LogP contribution in [0.25, 0.3) is 21.3 Å². The van der Waals surface area contributed by atoms with Gasteiger partial charge in [0.25, 0.3) is 0 Å². The molecule has 0 saturated heterocycles. The molecule has 3 rings (SSSR count). The lowest BCUT2D eigenvalue weighted by Gasteiger charge is -2.10. The summed E-state index contributed by atoms with van der Waals surface area (Å²) >= 11 is 1.74. The summed E-state index contributed by atoms with van der Waals surface area (Å²) in [6.07, 6.45) is 4.96. The smallest absolute Gasteiger partial charge is 0.139 e. The summed E-state index contributed by atoms with van der Waals surface area (Å²) in [5.74, 6) is 2.68. The van der Waals surface area contributed by atoms with Crippen molar-refractivity contribution in [3.05, 3.63) is 35.0 Å². The molecule has 0 aliphatic carbocycles. The molecular formula is C22H29N3OS. The van der Waals surface area contributed by atoms with Gasteiger partial charge in [0, 0.05) is 17.0 Å². The molecule has 2 heterocycles. The molecule has 0 atom stereocenters. The van der Waals surface area contributed by atoms with E-state index in [2.05, 4.69) is 31.3 Å². The molecule has 144 valence electrons. The van der Waals surface area contributed by atoms with Crippen LogP contribution in [0.1, 0.15) is 50.2 Å². The van der Waals surface area contributed by atoms with Crippen molar-refractivity contribution in [2.24, 2.45) is 0 Å². The number of anilines is 1. The van der Waals surface area contributed by atoms with Crippen LogP contribution in [0, 0.1) is 13.8 Å². The van der Waals surface area contributed by atoms with E-state index in [9.17, 15) is 0 Å². The molecule has 0 fully saturated rings. The van der Waals surface area contributed by atoms with Gasteiger partial charge in [0.05, 0.1) is 12.0 Å². The third kappa shape index (κ3) is 4.59. The molecule has 0 amide bonds. The molecule has 0 aliphatic heterocycles. The topological polar surface area (TPSA) is 47.0 Å². The van der Waals surface area contributed by atoms with Gasteiger partial charge in [-0.1, -0.05) is 38.3 Å². The standard InChI is InChI=1S/C22H29N3OS/c1-5-7-8-9-14-23-21-20-19(15(3)27-22(20)25-16(4)24-21)17-10-12-18(13-11-17)26-6-2/h10-13H,5-9,14H2,1-4H3,(H,23,24,25). The lowest BCUT2D eigenvalue weighted by atomic mass is 10.0. The van der Waals surface area contributed by atoms with Crippen molar-refractivity contribution < 1.29 is 4.74 Å². The number of hydrogen-bond donors (Lipinski definition) is 1. The third-order valence-electron chi connectivity index (χ3n) is 4.62. The molecule has 27 heavy (non-hydrogen) atoms. The Kier molecular flexibility index (Phi) is 6.67. The number of aromatic nitrogens is 2. The zero-order valence-corrected chi connectivity index (χ0v) is 17.6. The van der Waals surface area contributed by atoms with Crippen LogP contribution in [-0.4, -0.2) is 23.1 Å². The van der Waals surface area contributed by atoms with E-state index in [0.717, 1.165) is 34.2 Å². The number of fused-ring (bicyclic) bond motifs is 1. The maximum Gasteiger partial charge on any atom is 0.139 e. The minimum Gasteiger partial charge on any atom is -0.494 e. The summed E-state index contributed by atoms with van der Waals surface area (Å²) in [6, 6.07) is 8.33. The molecule has 0 spiro atoms. The van der Waals surface area contributed by atoms with E-state index in [-0.39, 0.29) is 0 Å². The zero-order chi connectivity index (χ0) is 19.2. The van der Waals surface area contributed by atoms with Crippen LogP contribution in [0.3, 0.4) is 0 Å². The second-order valence-electron chi connectivity index (χ2n) is 6.78. The fourth-order valence-corrected chi connectivity index (χ4v) is 4.43. The highest BCUT2D eigenvalue weighted by molar-refractivity contribution is 7.19. The number of hydrogen-bond acceptors (Lipinski definition) is 5. The quantitative estimate of drug-likeness (QED) is 0.436. The molecule has 3 aromatic rings. The Morgan fingerprint density at radius 1 is 1.00 bits per heavy atom. The Balaban J connectivity index is 1.96. The number of nitrogens with zero attached hydrogens (tertiary/aromatic N) is 2. The van der Waals surface area contributed by atoms with E-state index in [1.54, 1.807) is 11.3 Å². The van der Waals surface area contributed by atoms with Crippen LogP contribution in [0.4, 0.5) is 5.82 Å². The average Bonchev–Trinajstić information content (AvgIpc) is 2.98. The average molecular weight is 384 g/mol. The van der Waals surface area contributed by atoms with Crippen molar-refractivity contribution >= 4 is 27.4 Å². The minimum atomic E-state index is 0.680. The van der Waals surface area contributed by atoms with Crippen LogP contribution in [0.15, 0.2) is 24.3 Å². The fourth-order valence-electron chi connectivity index (χ4n) is 3.34. The highest BCUT2D eigenvalue weighted by Gasteiger charge is 2.17. The summed E-state index contributed by atoms with van der Waals surface area (Å²) in [5.41, 5.74) is 2.41. The van der Waals surface area contributed by atoms with Crippen molar-refractivity contribution in [3.8, 4) is 16.9 Å². The molecule has 0 radical (unpaired) electrons. The van der Waals surface area contributed by atoms with E-state index in [1.165, 1.54) is 41.7 Å². The molecule has 2 aromatic heterocycles. The number of benzene rings is 1.